The van der Waals surface area contributed by atoms with Crippen LogP contribution in [-0.2, 0) is 0 Å². The van der Waals surface area contributed by atoms with Gasteiger partial charge in [-0.3, -0.25) is 0 Å². The lowest BCUT2D eigenvalue weighted by Gasteiger charge is -2.15. The highest BCUT2D eigenvalue weighted by atomic mass is 14.1. The number of rotatable bonds is 13. The van der Waals surface area contributed by atoms with E-state index in [0.29, 0.717) is 0 Å². The van der Waals surface area contributed by atoms with Crippen LogP contribution in [-0.4, -0.2) is 0 Å². The molecule has 0 rings (SSSR count). The van der Waals surface area contributed by atoms with Crippen LogP contribution in [0.1, 0.15) is 98.8 Å². The van der Waals surface area contributed by atoms with Crippen molar-refractivity contribution in [3.05, 3.63) is 12.2 Å². The molecule has 0 aliphatic rings. The highest BCUT2D eigenvalue weighted by molar-refractivity contribution is 4.91. The van der Waals surface area contributed by atoms with E-state index in [1.165, 1.54) is 63.4 Å². The van der Waals surface area contributed by atoms with Crippen LogP contribution in [0.5, 0.6) is 0 Å². The molecule has 0 aromatic carbocycles. The van der Waals surface area contributed by atoms with Crippen LogP contribution in [0.25, 0.3) is 0 Å². The summed E-state index contributed by atoms with van der Waals surface area (Å²) in [4.78, 5) is 0. The summed E-state index contributed by atoms with van der Waals surface area (Å²) in [7, 11) is 0. The molecule has 0 amide bonds. The molecule has 0 spiro atoms. The fourth-order valence-corrected chi connectivity index (χ4v) is 2.86. The quantitative estimate of drug-likeness (QED) is 0.308. The van der Waals surface area contributed by atoms with Crippen molar-refractivity contribution in [3.8, 4) is 0 Å². The van der Waals surface area contributed by atoms with Gasteiger partial charge in [0.15, 0.2) is 0 Å². The summed E-state index contributed by atoms with van der Waals surface area (Å²) in [6.07, 6.45) is 13.7. The van der Waals surface area contributed by atoms with Gasteiger partial charge in [0.25, 0.3) is 0 Å². The Morgan fingerprint density at radius 1 is 0.750 bits per heavy atom. The maximum Gasteiger partial charge on any atom is -0.0323 e. The van der Waals surface area contributed by atoms with Crippen LogP contribution in [0.4, 0.5) is 0 Å². The van der Waals surface area contributed by atoms with Gasteiger partial charge < -0.3 is 0 Å². The Bertz CT molecular complexity index is 226. The summed E-state index contributed by atoms with van der Waals surface area (Å²) in [5.41, 5.74) is 1.43. The van der Waals surface area contributed by atoms with Crippen molar-refractivity contribution in [2.24, 2.45) is 17.8 Å². The number of allylic oxidation sites excluding steroid dienone is 1. The maximum absolute atomic E-state index is 4.10. The fourth-order valence-electron chi connectivity index (χ4n) is 2.86. The molecule has 0 aliphatic heterocycles. The van der Waals surface area contributed by atoms with E-state index in [0.717, 1.165) is 24.2 Å². The SMILES string of the molecule is C=C(CC)CCCC(C)CCCC(C)CCCC(C)C. The minimum Gasteiger partial charge on any atom is -0.0999 e. The van der Waals surface area contributed by atoms with Gasteiger partial charge in [0.2, 0.25) is 0 Å². The van der Waals surface area contributed by atoms with E-state index in [4.69, 9.17) is 0 Å². The van der Waals surface area contributed by atoms with Gasteiger partial charge in [-0.1, -0.05) is 91.7 Å². The molecule has 20 heavy (non-hydrogen) atoms. The Morgan fingerprint density at radius 2 is 1.20 bits per heavy atom. The van der Waals surface area contributed by atoms with Crippen molar-refractivity contribution in [2.45, 2.75) is 98.8 Å². The normalized spacial score (nSPS) is 14.5. The predicted octanol–water partition coefficient (Wildman–Crippen LogP) is 7.39. The molecule has 0 saturated heterocycles. The van der Waals surface area contributed by atoms with E-state index >= 15 is 0 Å². The first-order chi connectivity index (χ1) is 9.45. The first-order valence-corrected chi connectivity index (χ1v) is 9.12. The average Bonchev–Trinajstić information content (AvgIpc) is 2.38. The summed E-state index contributed by atoms with van der Waals surface area (Å²) in [5, 5.41) is 0. The smallest absolute Gasteiger partial charge is 0.0323 e. The van der Waals surface area contributed by atoms with Crippen LogP contribution < -0.4 is 0 Å². The van der Waals surface area contributed by atoms with Crippen molar-refractivity contribution in [1.82, 2.24) is 0 Å². The van der Waals surface area contributed by atoms with E-state index in [-0.39, 0.29) is 0 Å². The van der Waals surface area contributed by atoms with E-state index in [9.17, 15) is 0 Å². The maximum atomic E-state index is 4.10. The third-order valence-corrected chi connectivity index (χ3v) is 4.60. The topological polar surface area (TPSA) is 0 Å². The zero-order valence-corrected chi connectivity index (χ0v) is 15.0. The molecule has 0 N–H and O–H groups in total. The molecule has 0 heterocycles. The lowest BCUT2D eigenvalue weighted by molar-refractivity contribution is 0.389. The number of hydrogen-bond acceptors (Lipinski definition) is 0. The molecule has 0 heteroatoms. The fraction of sp³-hybridized carbons (Fsp3) is 0.900. The molecular weight excluding hydrogens is 240 g/mol. The first-order valence-electron chi connectivity index (χ1n) is 9.12. The van der Waals surface area contributed by atoms with Gasteiger partial charge in [-0.05, 0) is 37.0 Å². The Morgan fingerprint density at radius 3 is 1.65 bits per heavy atom. The second kappa shape index (κ2) is 12.5. The minimum absolute atomic E-state index is 0.875. The van der Waals surface area contributed by atoms with Gasteiger partial charge in [0, 0.05) is 0 Å². The summed E-state index contributed by atoms with van der Waals surface area (Å²) >= 11 is 0. The predicted molar refractivity (Wildman–Crippen MR) is 94.2 cm³/mol. The minimum atomic E-state index is 0.875. The van der Waals surface area contributed by atoms with Crippen LogP contribution in [0.2, 0.25) is 0 Å². The van der Waals surface area contributed by atoms with Gasteiger partial charge in [-0.15, -0.1) is 0 Å². The van der Waals surface area contributed by atoms with E-state index in [1.54, 1.807) is 0 Å². The Kier molecular flexibility index (Phi) is 12.3. The van der Waals surface area contributed by atoms with Gasteiger partial charge >= 0.3 is 0 Å². The molecule has 2 unspecified atom stereocenters. The number of hydrogen-bond donors (Lipinski definition) is 0. The molecule has 0 aromatic heterocycles. The lowest BCUT2D eigenvalue weighted by Crippen LogP contribution is -2.00. The van der Waals surface area contributed by atoms with Crippen molar-refractivity contribution >= 4 is 0 Å². The zero-order valence-electron chi connectivity index (χ0n) is 15.0. The molecular formula is C20H40. The van der Waals surface area contributed by atoms with Crippen molar-refractivity contribution < 1.29 is 0 Å². The molecule has 0 aromatic rings. The van der Waals surface area contributed by atoms with Crippen molar-refractivity contribution in [1.29, 1.82) is 0 Å². The third kappa shape index (κ3) is 12.8. The molecule has 2 atom stereocenters. The second-order valence-electron chi connectivity index (χ2n) is 7.46. The monoisotopic (exact) mass is 280 g/mol. The van der Waals surface area contributed by atoms with Gasteiger partial charge in [0.05, 0.1) is 0 Å². The molecule has 0 aliphatic carbocycles. The molecule has 0 saturated carbocycles. The van der Waals surface area contributed by atoms with Crippen LogP contribution in [0.15, 0.2) is 12.2 Å². The zero-order chi connectivity index (χ0) is 15.4. The average molecular weight is 281 g/mol. The summed E-state index contributed by atoms with van der Waals surface area (Å²) < 4.78 is 0. The second-order valence-corrected chi connectivity index (χ2v) is 7.46. The molecule has 0 nitrogen and oxygen atoms in total. The Hall–Kier alpha value is -0.260. The summed E-state index contributed by atoms with van der Waals surface area (Å²) in [5.74, 6) is 2.71. The molecule has 0 bridgehead atoms. The van der Waals surface area contributed by atoms with Crippen molar-refractivity contribution in [3.63, 3.8) is 0 Å². The Labute approximate surface area is 129 Å². The van der Waals surface area contributed by atoms with E-state index in [1.807, 2.05) is 0 Å². The van der Waals surface area contributed by atoms with Gasteiger partial charge in [-0.2, -0.15) is 0 Å². The highest BCUT2D eigenvalue weighted by Crippen LogP contribution is 2.22. The molecule has 0 fully saturated rings. The largest absolute Gasteiger partial charge is 0.0999 e. The van der Waals surface area contributed by atoms with Crippen LogP contribution in [0.3, 0.4) is 0 Å². The summed E-state index contributed by atoms with van der Waals surface area (Å²) in [6, 6.07) is 0. The lowest BCUT2D eigenvalue weighted by atomic mass is 9.91. The summed E-state index contributed by atoms with van der Waals surface area (Å²) in [6.45, 7) is 15.8. The van der Waals surface area contributed by atoms with Gasteiger partial charge in [0.1, 0.15) is 0 Å². The van der Waals surface area contributed by atoms with Crippen LogP contribution in [0, 0.1) is 17.8 Å². The van der Waals surface area contributed by atoms with Crippen molar-refractivity contribution in [2.75, 3.05) is 0 Å². The van der Waals surface area contributed by atoms with Crippen LogP contribution >= 0.6 is 0 Å². The third-order valence-electron chi connectivity index (χ3n) is 4.60. The first kappa shape index (κ1) is 19.7. The molecule has 120 valence electrons. The highest BCUT2D eigenvalue weighted by Gasteiger charge is 2.06. The van der Waals surface area contributed by atoms with E-state index < -0.39 is 0 Å². The molecule has 0 radical (unpaired) electrons. The van der Waals surface area contributed by atoms with Gasteiger partial charge in [-0.25, -0.2) is 0 Å². The Balaban J connectivity index is 3.45. The standard InChI is InChI=1S/C20H40/c1-7-18(4)12-9-14-20(6)16-10-15-19(5)13-8-11-17(2)3/h17,19-20H,4,7-16H2,1-3,5-6H3. The van der Waals surface area contributed by atoms with E-state index in [2.05, 4.69) is 41.2 Å².